The molecule has 0 spiro atoms. The normalized spacial score (nSPS) is 15.2. The van der Waals surface area contributed by atoms with Crippen LogP contribution in [-0.2, 0) is 6.42 Å². The molecule has 1 aromatic rings. The Morgan fingerprint density at radius 2 is 2.25 bits per heavy atom. The van der Waals surface area contributed by atoms with Gasteiger partial charge in [-0.05, 0) is 31.4 Å². The van der Waals surface area contributed by atoms with Crippen molar-refractivity contribution in [2.75, 3.05) is 6.61 Å². The molecule has 0 N–H and O–H groups in total. The predicted molar refractivity (Wildman–Crippen MR) is 52.7 cm³/mol. The fourth-order valence-electron chi connectivity index (χ4n) is 1.52. The number of ether oxygens (including phenoxy) is 1. The average Bonchev–Trinajstić information content (AvgIpc) is 2.12. The Morgan fingerprint density at radius 1 is 1.42 bits per heavy atom. The quantitative estimate of drug-likeness (QED) is 0.661. The summed E-state index contributed by atoms with van der Waals surface area (Å²) in [5.74, 6) is 1.05. The second kappa shape index (κ2) is 3.09. The Balaban J connectivity index is 2.54. The number of benzene rings is 1. The highest BCUT2D eigenvalue weighted by Gasteiger charge is 2.13. The zero-order chi connectivity index (χ0) is 8.55. The maximum atomic E-state index is 5.53. The number of fused-ring (bicyclic) bond motifs is 1. The van der Waals surface area contributed by atoms with Gasteiger partial charge < -0.3 is 4.74 Å². The van der Waals surface area contributed by atoms with Gasteiger partial charge in [-0.15, -0.1) is 0 Å². The maximum absolute atomic E-state index is 5.53. The summed E-state index contributed by atoms with van der Waals surface area (Å²) in [5.41, 5.74) is 2.63. The Labute approximate surface area is 80.9 Å². The first kappa shape index (κ1) is 8.11. The molecule has 0 atom stereocenters. The number of hydrogen-bond donors (Lipinski definition) is 0. The van der Waals surface area contributed by atoms with Crippen LogP contribution in [-0.4, -0.2) is 6.61 Å². The summed E-state index contributed by atoms with van der Waals surface area (Å²) < 4.78 is 6.75. The predicted octanol–water partition coefficient (Wildman–Crippen LogP) is 3.08. The highest BCUT2D eigenvalue weighted by Crippen LogP contribution is 2.33. The molecule has 0 radical (unpaired) electrons. The molecule has 0 aromatic heterocycles. The molecule has 2 heteroatoms. The van der Waals surface area contributed by atoms with Crippen LogP contribution in [0.3, 0.4) is 0 Å². The molecule has 0 aliphatic carbocycles. The molecule has 1 aromatic carbocycles. The van der Waals surface area contributed by atoms with Crippen LogP contribution in [0, 0.1) is 6.92 Å². The largest absolute Gasteiger partial charge is 0.493 e. The molecule has 0 amide bonds. The van der Waals surface area contributed by atoms with Gasteiger partial charge in [0.15, 0.2) is 0 Å². The van der Waals surface area contributed by atoms with Crippen molar-refractivity contribution in [2.24, 2.45) is 0 Å². The number of halogens is 1. The summed E-state index contributed by atoms with van der Waals surface area (Å²) in [6.45, 7) is 2.97. The van der Waals surface area contributed by atoms with Crippen molar-refractivity contribution in [1.29, 1.82) is 0 Å². The molecular weight excluding hydrogens is 216 g/mol. The molecule has 1 heterocycles. The summed E-state index contributed by atoms with van der Waals surface area (Å²) in [4.78, 5) is 0. The highest BCUT2D eigenvalue weighted by atomic mass is 79.9. The highest BCUT2D eigenvalue weighted by molar-refractivity contribution is 9.10. The van der Waals surface area contributed by atoms with Crippen molar-refractivity contribution in [3.8, 4) is 5.75 Å². The monoisotopic (exact) mass is 226 g/mol. The lowest BCUT2D eigenvalue weighted by atomic mass is 10.0. The number of aryl methyl sites for hydroxylation is 1. The lowest BCUT2D eigenvalue weighted by Gasteiger charge is -2.19. The summed E-state index contributed by atoms with van der Waals surface area (Å²) in [6.07, 6.45) is 2.27. The minimum absolute atomic E-state index is 0.864. The van der Waals surface area contributed by atoms with Crippen molar-refractivity contribution in [3.63, 3.8) is 0 Å². The fraction of sp³-hybridized carbons (Fsp3) is 0.400. The van der Waals surface area contributed by atoms with Gasteiger partial charge in [-0.1, -0.05) is 22.0 Å². The summed E-state index contributed by atoms with van der Waals surface area (Å²) >= 11 is 3.59. The minimum Gasteiger partial charge on any atom is -0.493 e. The molecule has 2 rings (SSSR count). The van der Waals surface area contributed by atoms with Crippen molar-refractivity contribution < 1.29 is 4.74 Å². The summed E-state index contributed by atoms with van der Waals surface area (Å²) in [7, 11) is 0. The zero-order valence-electron chi connectivity index (χ0n) is 7.06. The maximum Gasteiger partial charge on any atom is 0.123 e. The third kappa shape index (κ3) is 1.24. The molecule has 1 nitrogen and oxygen atoms in total. The minimum atomic E-state index is 0.864. The van der Waals surface area contributed by atoms with E-state index in [-0.39, 0.29) is 0 Å². The Hall–Kier alpha value is -0.500. The van der Waals surface area contributed by atoms with E-state index in [2.05, 4.69) is 35.0 Å². The Kier molecular flexibility index (Phi) is 2.09. The molecule has 0 unspecified atom stereocenters. The van der Waals surface area contributed by atoms with E-state index >= 15 is 0 Å². The van der Waals surface area contributed by atoms with Crippen LogP contribution < -0.4 is 4.74 Å². The van der Waals surface area contributed by atoms with E-state index in [0.717, 1.165) is 25.2 Å². The topological polar surface area (TPSA) is 9.23 Å². The molecule has 0 saturated heterocycles. The first-order valence-corrected chi connectivity index (χ1v) is 4.99. The molecule has 0 bridgehead atoms. The SMILES string of the molecule is Cc1ccc2c(c1Br)CCCO2. The van der Waals surface area contributed by atoms with Gasteiger partial charge in [-0.25, -0.2) is 0 Å². The van der Waals surface area contributed by atoms with E-state index < -0.39 is 0 Å². The van der Waals surface area contributed by atoms with Gasteiger partial charge in [0.2, 0.25) is 0 Å². The van der Waals surface area contributed by atoms with Crippen LogP contribution in [0.25, 0.3) is 0 Å². The fourth-order valence-corrected chi connectivity index (χ4v) is 2.05. The van der Waals surface area contributed by atoms with Crippen molar-refractivity contribution in [2.45, 2.75) is 19.8 Å². The molecule has 0 saturated carbocycles. The van der Waals surface area contributed by atoms with Gasteiger partial charge in [-0.2, -0.15) is 0 Å². The van der Waals surface area contributed by atoms with E-state index in [1.165, 1.54) is 15.6 Å². The van der Waals surface area contributed by atoms with E-state index in [9.17, 15) is 0 Å². The zero-order valence-corrected chi connectivity index (χ0v) is 8.65. The Morgan fingerprint density at radius 3 is 3.08 bits per heavy atom. The van der Waals surface area contributed by atoms with Gasteiger partial charge in [-0.3, -0.25) is 0 Å². The molecule has 12 heavy (non-hydrogen) atoms. The van der Waals surface area contributed by atoms with Crippen LogP contribution in [0.1, 0.15) is 17.5 Å². The van der Waals surface area contributed by atoms with Crippen molar-refractivity contribution in [3.05, 3.63) is 27.7 Å². The first-order chi connectivity index (χ1) is 5.79. The van der Waals surface area contributed by atoms with Gasteiger partial charge >= 0.3 is 0 Å². The van der Waals surface area contributed by atoms with Gasteiger partial charge in [0.05, 0.1) is 6.61 Å². The first-order valence-electron chi connectivity index (χ1n) is 4.20. The standard InChI is InChI=1S/C10H11BrO/c1-7-4-5-9-8(10(7)11)3-2-6-12-9/h4-5H,2-3,6H2,1H3. The van der Waals surface area contributed by atoms with E-state index in [0.29, 0.717) is 0 Å². The van der Waals surface area contributed by atoms with Crippen LogP contribution in [0.2, 0.25) is 0 Å². The third-order valence-corrected chi connectivity index (χ3v) is 3.33. The lowest BCUT2D eigenvalue weighted by Crippen LogP contribution is -2.09. The Bertz CT molecular complexity index is 307. The molecule has 1 aliphatic rings. The third-order valence-electron chi connectivity index (χ3n) is 2.22. The molecule has 1 aliphatic heterocycles. The van der Waals surface area contributed by atoms with E-state index in [4.69, 9.17) is 4.74 Å². The van der Waals surface area contributed by atoms with Crippen LogP contribution in [0.5, 0.6) is 5.75 Å². The summed E-state index contributed by atoms with van der Waals surface area (Å²) in [6, 6.07) is 4.16. The molecule has 64 valence electrons. The van der Waals surface area contributed by atoms with Gasteiger partial charge in [0.1, 0.15) is 5.75 Å². The second-order valence-electron chi connectivity index (χ2n) is 3.13. The van der Waals surface area contributed by atoms with Gasteiger partial charge in [0.25, 0.3) is 0 Å². The van der Waals surface area contributed by atoms with Crippen LogP contribution in [0.4, 0.5) is 0 Å². The summed E-state index contributed by atoms with van der Waals surface area (Å²) in [5, 5.41) is 0. The van der Waals surface area contributed by atoms with E-state index in [1.54, 1.807) is 0 Å². The smallest absolute Gasteiger partial charge is 0.123 e. The van der Waals surface area contributed by atoms with Crippen LogP contribution >= 0.6 is 15.9 Å². The van der Waals surface area contributed by atoms with Gasteiger partial charge in [0, 0.05) is 10.0 Å². The van der Waals surface area contributed by atoms with Crippen molar-refractivity contribution in [1.82, 2.24) is 0 Å². The number of hydrogen-bond acceptors (Lipinski definition) is 1. The number of rotatable bonds is 0. The van der Waals surface area contributed by atoms with E-state index in [1.807, 2.05) is 0 Å². The average molecular weight is 227 g/mol. The molecular formula is C10H11BrO. The van der Waals surface area contributed by atoms with Crippen molar-refractivity contribution >= 4 is 15.9 Å². The molecule has 0 fully saturated rings. The second-order valence-corrected chi connectivity index (χ2v) is 3.92. The lowest BCUT2D eigenvalue weighted by molar-refractivity contribution is 0.287. The van der Waals surface area contributed by atoms with Crippen LogP contribution in [0.15, 0.2) is 16.6 Å².